The van der Waals surface area contributed by atoms with Crippen molar-refractivity contribution in [2.75, 3.05) is 6.26 Å². The van der Waals surface area contributed by atoms with E-state index in [1.165, 1.54) is 6.26 Å². The molecule has 0 fully saturated rings. The number of hydrogen-bond acceptors (Lipinski definition) is 3. The van der Waals surface area contributed by atoms with Crippen LogP contribution in [-0.4, -0.2) is 11.6 Å². The SMILES string of the molecule is CSC(=O)[O-].[Na+]. The molecular weight excluding hydrogens is 111 g/mol. The van der Waals surface area contributed by atoms with E-state index in [1.54, 1.807) is 0 Å². The Hall–Kier alpha value is 0.820. The first-order chi connectivity index (χ1) is 2.27. The van der Waals surface area contributed by atoms with Crippen LogP contribution in [0.25, 0.3) is 0 Å². The molecule has 0 rings (SSSR count). The Labute approximate surface area is 62.6 Å². The van der Waals surface area contributed by atoms with Crippen LogP contribution in [0.4, 0.5) is 4.79 Å². The fourth-order valence-corrected chi connectivity index (χ4v) is 0. The molecule has 0 atom stereocenters. The molecule has 4 heteroatoms. The molecule has 0 aliphatic carbocycles. The molecule has 30 valence electrons. The zero-order chi connectivity index (χ0) is 4.28. The molecule has 6 heavy (non-hydrogen) atoms. The van der Waals surface area contributed by atoms with Crippen molar-refractivity contribution in [3.8, 4) is 0 Å². The summed E-state index contributed by atoms with van der Waals surface area (Å²) in [6.45, 7) is 0. The van der Waals surface area contributed by atoms with Crippen molar-refractivity contribution in [1.82, 2.24) is 0 Å². The molecular formula is C2H3NaO2S. The second kappa shape index (κ2) is 5.82. The monoisotopic (exact) mass is 114 g/mol. The van der Waals surface area contributed by atoms with Crippen LogP contribution in [0.1, 0.15) is 0 Å². The Morgan fingerprint density at radius 2 is 2.00 bits per heavy atom. The minimum atomic E-state index is -1.08. The fraction of sp³-hybridized carbons (Fsp3) is 0.500. The van der Waals surface area contributed by atoms with Gasteiger partial charge in [-0.1, -0.05) is 0 Å². The first-order valence-electron chi connectivity index (χ1n) is 1.02. The summed E-state index contributed by atoms with van der Waals surface area (Å²) >= 11 is 0.685. The molecule has 0 aliphatic heterocycles. The Morgan fingerprint density at radius 3 is 2.00 bits per heavy atom. The summed E-state index contributed by atoms with van der Waals surface area (Å²) in [5, 5.41) is 8.14. The summed E-state index contributed by atoms with van der Waals surface area (Å²) in [7, 11) is 0. The van der Waals surface area contributed by atoms with E-state index >= 15 is 0 Å². The molecule has 0 aromatic rings. The zero-order valence-corrected chi connectivity index (χ0v) is 6.54. The van der Waals surface area contributed by atoms with E-state index in [0.717, 1.165) is 0 Å². The van der Waals surface area contributed by atoms with Gasteiger partial charge in [-0.25, -0.2) is 0 Å². The molecule has 0 aromatic carbocycles. The third-order valence-electron chi connectivity index (χ3n) is 0.167. The predicted molar refractivity (Wildman–Crippen MR) is 18.9 cm³/mol. The number of carboxylic acid groups (broad SMARTS) is 1. The Balaban J connectivity index is 0. The van der Waals surface area contributed by atoms with Crippen molar-refractivity contribution < 1.29 is 39.5 Å². The van der Waals surface area contributed by atoms with Gasteiger partial charge in [-0.05, 0) is 6.26 Å². The van der Waals surface area contributed by atoms with Crippen LogP contribution in [0, 0.1) is 0 Å². The van der Waals surface area contributed by atoms with Gasteiger partial charge < -0.3 is 9.90 Å². The summed E-state index contributed by atoms with van der Waals surface area (Å²) in [5.41, 5.74) is 0. The van der Waals surface area contributed by atoms with Gasteiger partial charge in [0.1, 0.15) is 0 Å². The number of thioether (sulfide) groups is 1. The van der Waals surface area contributed by atoms with Crippen molar-refractivity contribution in [3.63, 3.8) is 0 Å². The van der Waals surface area contributed by atoms with Gasteiger partial charge in [0.2, 0.25) is 0 Å². The molecule has 0 saturated carbocycles. The molecule has 0 unspecified atom stereocenters. The first-order valence-corrected chi connectivity index (χ1v) is 2.25. The van der Waals surface area contributed by atoms with Crippen LogP contribution in [0.3, 0.4) is 0 Å². The van der Waals surface area contributed by atoms with E-state index in [-0.39, 0.29) is 29.6 Å². The van der Waals surface area contributed by atoms with Crippen LogP contribution in [-0.2, 0) is 0 Å². The molecule has 0 spiro atoms. The standard InChI is InChI=1S/C2H4O2S.Na/c1-5-2(3)4;/h1H3,(H,3,4);/q;+1/p-1. The van der Waals surface area contributed by atoms with E-state index in [9.17, 15) is 9.90 Å². The summed E-state index contributed by atoms with van der Waals surface area (Å²) < 4.78 is 0. The van der Waals surface area contributed by atoms with Gasteiger partial charge in [0.15, 0.2) is 0 Å². The molecule has 0 aromatic heterocycles. The van der Waals surface area contributed by atoms with Gasteiger partial charge in [0.05, 0.1) is 5.30 Å². The maximum Gasteiger partial charge on any atom is 1.00 e. The first kappa shape index (κ1) is 9.94. The maximum absolute atomic E-state index is 9.22. The largest absolute Gasteiger partial charge is 1.00 e. The summed E-state index contributed by atoms with van der Waals surface area (Å²) in [6.07, 6.45) is 1.45. The number of carbonyl (C=O) groups is 1. The molecule has 0 bridgehead atoms. The molecule has 0 saturated heterocycles. The third-order valence-corrected chi connectivity index (χ3v) is 0.500. The molecule has 0 aliphatic rings. The third kappa shape index (κ3) is 8.84. The number of carbonyl (C=O) groups excluding carboxylic acids is 1. The van der Waals surface area contributed by atoms with Crippen LogP contribution in [0.2, 0.25) is 0 Å². The summed E-state index contributed by atoms with van der Waals surface area (Å²) in [5.74, 6) is 0. The van der Waals surface area contributed by atoms with Gasteiger partial charge >= 0.3 is 29.6 Å². The van der Waals surface area contributed by atoms with Crippen LogP contribution >= 0.6 is 11.8 Å². The molecule has 0 radical (unpaired) electrons. The Bertz CT molecular complexity index is 46.8. The van der Waals surface area contributed by atoms with Gasteiger partial charge in [-0.3, -0.25) is 0 Å². The quantitative estimate of drug-likeness (QED) is 0.310. The van der Waals surface area contributed by atoms with Gasteiger partial charge in [0, 0.05) is 0 Å². The van der Waals surface area contributed by atoms with Crippen molar-refractivity contribution in [1.29, 1.82) is 0 Å². The average Bonchev–Trinajstić information content (AvgIpc) is 1.38. The van der Waals surface area contributed by atoms with Crippen LogP contribution in [0.15, 0.2) is 0 Å². The topological polar surface area (TPSA) is 40.1 Å². The van der Waals surface area contributed by atoms with E-state index in [1.807, 2.05) is 0 Å². The van der Waals surface area contributed by atoms with Gasteiger partial charge in [-0.2, -0.15) is 0 Å². The van der Waals surface area contributed by atoms with E-state index in [4.69, 9.17) is 0 Å². The minimum Gasteiger partial charge on any atom is -0.538 e. The average molecular weight is 114 g/mol. The number of hydrogen-bond donors (Lipinski definition) is 0. The second-order valence-electron chi connectivity index (χ2n) is 0.454. The molecule has 0 heterocycles. The van der Waals surface area contributed by atoms with Gasteiger partial charge in [0.25, 0.3) is 0 Å². The molecule has 0 N–H and O–H groups in total. The van der Waals surface area contributed by atoms with Crippen molar-refractivity contribution in [3.05, 3.63) is 0 Å². The van der Waals surface area contributed by atoms with Crippen molar-refractivity contribution >= 4 is 17.1 Å². The zero-order valence-electron chi connectivity index (χ0n) is 3.72. The second-order valence-corrected chi connectivity index (χ2v) is 1.20. The predicted octanol–water partition coefficient (Wildman–Crippen LogP) is -3.30. The summed E-state index contributed by atoms with van der Waals surface area (Å²) in [4.78, 5) is 9.22. The van der Waals surface area contributed by atoms with Gasteiger partial charge in [-0.15, -0.1) is 11.8 Å². The Kier molecular flexibility index (Phi) is 9.65. The Morgan fingerprint density at radius 1 is 1.83 bits per heavy atom. The van der Waals surface area contributed by atoms with E-state index in [2.05, 4.69) is 0 Å². The van der Waals surface area contributed by atoms with Crippen LogP contribution in [0.5, 0.6) is 0 Å². The molecule has 0 amide bonds. The van der Waals surface area contributed by atoms with Crippen molar-refractivity contribution in [2.24, 2.45) is 0 Å². The van der Waals surface area contributed by atoms with E-state index in [0.29, 0.717) is 11.8 Å². The smallest absolute Gasteiger partial charge is 0.538 e. The van der Waals surface area contributed by atoms with E-state index < -0.39 is 5.30 Å². The van der Waals surface area contributed by atoms with Crippen molar-refractivity contribution in [2.45, 2.75) is 0 Å². The minimum absolute atomic E-state index is 0. The van der Waals surface area contributed by atoms with Crippen LogP contribution < -0.4 is 34.7 Å². The molecule has 2 nitrogen and oxygen atoms in total. The number of rotatable bonds is 0. The summed E-state index contributed by atoms with van der Waals surface area (Å²) in [6, 6.07) is 0. The normalized spacial score (nSPS) is 6.17. The maximum atomic E-state index is 9.22. The fourth-order valence-electron chi connectivity index (χ4n) is 0.